The minimum absolute atomic E-state index is 0.0462. The average Bonchev–Trinajstić information content (AvgIpc) is 2.92. The molecule has 0 aliphatic carbocycles. The number of hydrogen-bond acceptors (Lipinski definition) is 4. The SMILES string of the molecule is CCNC(=O)[C@@H](Cc1ccccc1)N(Cc1ccc(Cl)cc1Cl)C(=O)CCCN(C)S(=O)(=O)c1ccccc1. The fourth-order valence-corrected chi connectivity index (χ4v) is 5.87. The maximum atomic E-state index is 13.7. The van der Waals surface area contributed by atoms with Gasteiger partial charge in [0.1, 0.15) is 6.04 Å². The molecule has 2 amide bonds. The number of likely N-dealkylation sites (N-methyl/N-ethyl adjacent to an activating group) is 1. The number of nitrogens with one attached hydrogen (secondary N) is 1. The molecule has 39 heavy (non-hydrogen) atoms. The van der Waals surface area contributed by atoms with E-state index in [1.54, 1.807) is 36.4 Å². The van der Waals surface area contributed by atoms with E-state index in [9.17, 15) is 18.0 Å². The molecule has 10 heteroatoms. The molecule has 0 aliphatic heterocycles. The molecule has 7 nitrogen and oxygen atoms in total. The van der Waals surface area contributed by atoms with Gasteiger partial charge in [0, 0.05) is 49.6 Å². The minimum Gasteiger partial charge on any atom is -0.355 e. The summed E-state index contributed by atoms with van der Waals surface area (Å²) in [6.07, 6.45) is 0.635. The van der Waals surface area contributed by atoms with Crippen LogP contribution in [-0.2, 0) is 32.6 Å². The molecule has 1 N–H and O–H groups in total. The largest absolute Gasteiger partial charge is 0.355 e. The summed E-state index contributed by atoms with van der Waals surface area (Å²) < 4.78 is 27.0. The highest BCUT2D eigenvalue weighted by Gasteiger charge is 2.30. The van der Waals surface area contributed by atoms with E-state index >= 15 is 0 Å². The molecule has 0 radical (unpaired) electrons. The number of amides is 2. The van der Waals surface area contributed by atoms with Crippen molar-refractivity contribution in [3.63, 3.8) is 0 Å². The van der Waals surface area contributed by atoms with Crippen molar-refractivity contribution >= 4 is 45.0 Å². The first-order valence-corrected chi connectivity index (χ1v) is 14.9. The lowest BCUT2D eigenvalue weighted by molar-refractivity contribution is -0.141. The highest BCUT2D eigenvalue weighted by molar-refractivity contribution is 7.89. The number of halogens is 2. The topological polar surface area (TPSA) is 86.8 Å². The predicted molar refractivity (Wildman–Crippen MR) is 155 cm³/mol. The number of rotatable bonds is 13. The summed E-state index contributed by atoms with van der Waals surface area (Å²) in [4.78, 5) is 28.6. The van der Waals surface area contributed by atoms with E-state index in [4.69, 9.17) is 23.2 Å². The molecule has 0 aromatic heterocycles. The summed E-state index contributed by atoms with van der Waals surface area (Å²) in [5.74, 6) is -0.553. The molecule has 0 spiro atoms. The third kappa shape index (κ3) is 8.54. The number of carbonyl (C=O) groups excluding carboxylic acids is 2. The molecule has 0 fully saturated rings. The number of carbonyl (C=O) groups is 2. The zero-order valence-corrected chi connectivity index (χ0v) is 24.3. The summed E-state index contributed by atoms with van der Waals surface area (Å²) in [7, 11) is -2.19. The number of nitrogens with zero attached hydrogens (tertiary/aromatic N) is 2. The quantitative estimate of drug-likeness (QED) is 0.298. The van der Waals surface area contributed by atoms with E-state index in [2.05, 4.69) is 5.32 Å². The molecule has 0 heterocycles. The second-order valence-corrected chi connectivity index (χ2v) is 12.0. The van der Waals surface area contributed by atoms with E-state index in [1.807, 2.05) is 37.3 Å². The summed E-state index contributed by atoms with van der Waals surface area (Å²) in [6, 6.07) is 21.9. The molecule has 0 unspecified atom stereocenters. The van der Waals surface area contributed by atoms with Crippen molar-refractivity contribution < 1.29 is 18.0 Å². The van der Waals surface area contributed by atoms with Crippen molar-refractivity contribution in [1.29, 1.82) is 0 Å². The van der Waals surface area contributed by atoms with Gasteiger partial charge in [-0.3, -0.25) is 9.59 Å². The van der Waals surface area contributed by atoms with Gasteiger partial charge in [0.15, 0.2) is 0 Å². The van der Waals surface area contributed by atoms with Gasteiger partial charge in [-0.05, 0) is 48.7 Å². The van der Waals surface area contributed by atoms with E-state index < -0.39 is 16.1 Å². The lowest BCUT2D eigenvalue weighted by atomic mass is 10.0. The van der Waals surface area contributed by atoms with Gasteiger partial charge in [-0.25, -0.2) is 12.7 Å². The molecular formula is C29H33Cl2N3O4S. The van der Waals surface area contributed by atoms with Gasteiger partial charge in [-0.1, -0.05) is 77.8 Å². The zero-order valence-electron chi connectivity index (χ0n) is 22.0. The van der Waals surface area contributed by atoms with Crippen LogP contribution in [0.25, 0.3) is 0 Å². The van der Waals surface area contributed by atoms with E-state index in [0.29, 0.717) is 28.6 Å². The standard InChI is InChI=1S/C29H33Cl2N3O4S/c1-3-32-29(36)27(19-22-11-6-4-7-12-22)34(21-23-16-17-24(30)20-26(23)31)28(35)15-10-18-33(2)39(37,38)25-13-8-5-9-14-25/h4-9,11-14,16-17,20,27H,3,10,15,18-19,21H2,1-2H3,(H,32,36)/t27-/m1/s1. The Morgan fingerprint density at radius 1 is 0.949 bits per heavy atom. The fourth-order valence-electron chi connectivity index (χ4n) is 4.17. The van der Waals surface area contributed by atoms with Gasteiger partial charge in [0.05, 0.1) is 4.90 Å². The molecule has 3 aromatic rings. The molecule has 1 atom stereocenters. The average molecular weight is 591 g/mol. The molecule has 3 aromatic carbocycles. The van der Waals surface area contributed by atoms with Crippen LogP contribution in [0.5, 0.6) is 0 Å². The Bertz CT molecular complexity index is 1360. The first-order valence-electron chi connectivity index (χ1n) is 12.7. The highest BCUT2D eigenvalue weighted by Crippen LogP contribution is 2.25. The van der Waals surface area contributed by atoms with Gasteiger partial charge >= 0.3 is 0 Å². The van der Waals surface area contributed by atoms with Crippen LogP contribution in [0.3, 0.4) is 0 Å². The number of hydrogen-bond donors (Lipinski definition) is 1. The Morgan fingerprint density at radius 2 is 1.59 bits per heavy atom. The molecule has 0 saturated heterocycles. The monoisotopic (exact) mass is 589 g/mol. The summed E-state index contributed by atoms with van der Waals surface area (Å²) >= 11 is 12.5. The zero-order chi connectivity index (χ0) is 28.4. The molecule has 0 bridgehead atoms. The van der Waals surface area contributed by atoms with Gasteiger partial charge < -0.3 is 10.2 Å². The van der Waals surface area contributed by atoms with Crippen LogP contribution in [0.15, 0.2) is 83.8 Å². The highest BCUT2D eigenvalue weighted by atomic mass is 35.5. The Kier molecular flexibility index (Phi) is 11.4. The Hall–Kier alpha value is -2.91. The minimum atomic E-state index is -3.68. The van der Waals surface area contributed by atoms with Crippen LogP contribution in [0.4, 0.5) is 0 Å². The Labute approximate surface area is 240 Å². The molecule has 0 aliphatic rings. The lowest BCUT2D eigenvalue weighted by Gasteiger charge is -2.32. The molecule has 208 valence electrons. The van der Waals surface area contributed by atoms with Crippen LogP contribution in [-0.4, -0.2) is 55.6 Å². The normalized spacial score (nSPS) is 12.2. The summed E-state index contributed by atoms with van der Waals surface area (Å²) in [6.45, 7) is 2.48. The Balaban J connectivity index is 1.83. The predicted octanol–water partition coefficient (Wildman–Crippen LogP) is 5.17. The van der Waals surface area contributed by atoms with Crippen molar-refractivity contribution in [3.05, 3.63) is 100 Å². The van der Waals surface area contributed by atoms with E-state index in [0.717, 1.165) is 5.56 Å². The van der Waals surface area contributed by atoms with Crippen LogP contribution in [0.2, 0.25) is 10.0 Å². The number of sulfonamides is 1. The summed E-state index contributed by atoms with van der Waals surface area (Å²) in [5, 5.41) is 3.71. The van der Waals surface area contributed by atoms with E-state index in [1.165, 1.54) is 28.4 Å². The van der Waals surface area contributed by atoms with E-state index in [-0.39, 0.29) is 42.6 Å². The Morgan fingerprint density at radius 3 is 2.21 bits per heavy atom. The van der Waals surface area contributed by atoms with Crippen LogP contribution in [0.1, 0.15) is 30.9 Å². The fraction of sp³-hybridized carbons (Fsp3) is 0.310. The maximum Gasteiger partial charge on any atom is 0.243 e. The second kappa shape index (κ2) is 14.5. The van der Waals surface area contributed by atoms with Crippen LogP contribution >= 0.6 is 23.2 Å². The third-order valence-electron chi connectivity index (χ3n) is 6.29. The van der Waals surface area contributed by atoms with Crippen molar-refractivity contribution in [2.24, 2.45) is 0 Å². The molecular weight excluding hydrogens is 557 g/mol. The summed E-state index contributed by atoms with van der Waals surface area (Å²) in [5.41, 5.74) is 1.56. The van der Waals surface area contributed by atoms with Crippen LogP contribution in [0, 0.1) is 0 Å². The maximum absolute atomic E-state index is 13.7. The third-order valence-corrected chi connectivity index (χ3v) is 8.75. The first-order chi connectivity index (χ1) is 18.6. The second-order valence-electron chi connectivity index (χ2n) is 9.10. The first kappa shape index (κ1) is 30.6. The van der Waals surface area contributed by atoms with Crippen molar-refractivity contribution in [1.82, 2.24) is 14.5 Å². The van der Waals surface area contributed by atoms with Gasteiger partial charge in [0.2, 0.25) is 21.8 Å². The van der Waals surface area contributed by atoms with Crippen molar-refractivity contribution in [2.45, 2.75) is 43.7 Å². The molecule has 0 saturated carbocycles. The van der Waals surface area contributed by atoms with Gasteiger partial charge in [-0.15, -0.1) is 0 Å². The smallest absolute Gasteiger partial charge is 0.243 e. The van der Waals surface area contributed by atoms with Gasteiger partial charge in [0.25, 0.3) is 0 Å². The molecule has 3 rings (SSSR count). The van der Waals surface area contributed by atoms with Crippen LogP contribution < -0.4 is 5.32 Å². The van der Waals surface area contributed by atoms with Gasteiger partial charge in [-0.2, -0.15) is 0 Å². The number of benzene rings is 3. The van der Waals surface area contributed by atoms with Crippen molar-refractivity contribution in [2.75, 3.05) is 20.1 Å². The van der Waals surface area contributed by atoms with Crippen molar-refractivity contribution in [3.8, 4) is 0 Å². The lowest BCUT2D eigenvalue weighted by Crippen LogP contribution is -2.50.